The molecule has 0 aromatic carbocycles. The van der Waals surface area contributed by atoms with Gasteiger partial charge >= 0.3 is 11.9 Å². The average Bonchev–Trinajstić information content (AvgIpc) is 2.80. The molecule has 0 aliphatic heterocycles. The zero-order valence-corrected chi connectivity index (χ0v) is 13.9. The lowest BCUT2D eigenvalue weighted by Gasteiger charge is -2.06. The van der Waals surface area contributed by atoms with Crippen molar-refractivity contribution in [3.63, 3.8) is 0 Å². The van der Waals surface area contributed by atoms with Gasteiger partial charge < -0.3 is 20.3 Å². The number of aliphatic carboxylic acids is 2. The second-order valence-corrected chi connectivity index (χ2v) is 5.77. The number of ether oxygens (including phenoxy) is 1. The number of nitrogens with zero attached hydrogens (tertiary/aromatic N) is 2. The smallest absolute Gasteiger partial charge is 0.414 e. The molecule has 126 valence electrons. The third kappa shape index (κ3) is 5.46. The van der Waals surface area contributed by atoms with Gasteiger partial charge in [0.05, 0.1) is 5.39 Å². The molecule has 8 nitrogen and oxygen atoms in total. The number of thiophene rings is 1. The number of anilines is 1. The summed E-state index contributed by atoms with van der Waals surface area (Å²) in [6.07, 6.45) is 2.60. The van der Waals surface area contributed by atoms with E-state index in [1.54, 1.807) is 24.8 Å². The molecule has 0 fully saturated rings. The summed E-state index contributed by atoms with van der Waals surface area (Å²) in [4.78, 5) is 29.2. The Kier molecular flexibility index (Phi) is 7.36. The van der Waals surface area contributed by atoms with Gasteiger partial charge in [-0.1, -0.05) is 0 Å². The Balaban J connectivity index is 0.000000379. The summed E-state index contributed by atoms with van der Waals surface area (Å²) in [5.41, 5.74) is 1.28. The zero-order valence-electron chi connectivity index (χ0n) is 13.1. The predicted molar refractivity (Wildman–Crippen MR) is 87.1 cm³/mol. The average molecular weight is 341 g/mol. The van der Waals surface area contributed by atoms with Crippen molar-refractivity contribution in [3.8, 4) is 0 Å². The van der Waals surface area contributed by atoms with Gasteiger partial charge in [0.25, 0.3) is 0 Å². The van der Waals surface area contributed by atoms with Gasteiger partial charge in [-0.3, -0.25) is 0 Å². The van der Waals surface area contributed by atoms with Gasteiger partial charge in [0, 0.05) is 25.1 Å². The van der Waals surface area contributed by atoms with Crippen LogP contribution in [0.3, 0.4) is 0 Å². The van der Waals surface area contributed by atoms with Gasteiger partial charge in [-0.05, 0) is 25.8 Å². The molecule has 9 heteroatoms. The molecule has 23 heavy (non-hydrogen) atoms. The summed E-state index contributed by atoms with van der Waals surface area (Å²) in [6, 6.07) is 0. The Morgan fingerprint density at radius 1 is 1.26 bits per heavy atom. The number of hydrogen-bond donors (Lipinski definition) is 3. The predicted octanol–water partition coefficient (Wildman–Crippen LogP) is 1.91. The summed E-state index contributed by atoms with van der Waals surface area (Å²) >= 11 is 1.72. The second-order valence-electron chi connectivity index (χ2n) is 4.57. The first kappa shape index (κ1) is 18.8. The molecular weight excluding hydrogens is 322 g/mol. The SMILES string of the molecule is COCCCNc1ncnc2sc(C)c(C)c12.O=C(O)C(=O)O. The van der Waals surface area contributed by atoms with Gasteiger partial charge in [0.1, 0.15) is 17.0 Å². The topological polar surface area (TPSA) is 122 Å². The van der Waals surface area contributed by atoms with E-state index in [0.717, 1.165) is 35.6 Å². The Labute approximate surface area is 137 Å². The number of aryl methyl sites for hydroxylation is 2. The van der Waals surface area contributed by atoms with E-state index in [0.29, 0.717) is 0 Å². The molecule has 0 amide bonds. The normalized spacial score (nSPS) is 10.0. The van der Waals surface area contributed by atoms with Crippen molar-refractivity contribution < 1.29 is 24.5 Å². The van der Waals surface area contributed by atoms with Gasteiger partial charge in [-0.15, -0.1) is 11.3 Å². The molecule has 2 rings (SSSR count). The summed E-state index contributed by atoms with van der Waals surface area (Å²) in [6.45, 7) is 5.88. The van der Waals surface area contributed by atoms with Crippen LogP contribution in [0.25, 0.3) is 10.2 Å². The van der Waals surface area contributed by atoms with E-state index in [-0.39, 0.29) is 0 Å². The maximum atomic E-state index is 9.10. The molecular formula is C14H19N3O5S. The number of carbonyl (C=O) groups is 2. The Hall–Kier alpha value is -2.26. The van der Waals surface area contributed by atoms with Gasteiger partial charge in [0.2, 0.25) is 0 Å². The maximum Gasteiger partial charge on any atom is 0.414 e. The van der Waals surface area contributed by atoms with Gasteiger partial charge in [-0.25, -0.2) is 19.6 Å². The summed E-state index contributed by atoms with van der Waals surface area (Å²) in [5, 5.41) is 19.3. The van der Waals surface area contributed by atoms with Crippen molar-refractivity contribution in [3.05, 3.63) is 16.8 Å². The molecule has 0 saturated heterocycles. The molecule has 2 aromatic heterocycles. The molecule has 2 aromatic rings. The standard InChI is InChI=1S/C12H17N3OS.C2H2O4/c1-8-9(2)17-12-10(8)11(14-7-15-12)13-5-4-6-16-3;3-1(4)2(5)6/h7H,4-6H2,1-3H3,(H,13,14,15);(H,3,4)(H,5,6). The minimum absolute atomic E-state index is 0.767. The Morgan fingerprint density at radius 2 is 1.91 bits per heavy atom. The molecule has 0 unspecified atom stereocenters. The molecule has 0 atom stereocenters. The minimum atomic E-state index is -1.82. The highest BCUT2D eigenvalue weighted by Gasteiger charge is 2.11. The van der Waals surface area contributed by atoms with Gasteiger partial charge in [0.15, 0.2) is 0 Å². The number of rotatable bonds is 5. The first-order chi connectivity index (χ1) is 10.9. The van der Waals surface area contributed by atoms with Crippen LogP contribution < -0.4 is 5.32 Å². The van der Waals surface area contributed by atoms with Crippen molar-refractivity contribution in [2.45, 2.75) is 20.3 Å². The minimum Gasteiger partial charge on any atom is -0.473 e. The van der Waals surface area contributed by atoms with E-state index in [9.17, 15) is 0 Å². The molecule has 0 radical (unpaired) electrons. The highest BCUT2D eigenvalue weighted by atomic mass is 32.1. The Bertz CT molecular complexity index is 674. The lowest BCUT2D eigenvalue weighted by Crippen LogP contribution is -2.09. The summed E-state index contributed by atoms with van der Waals surface area (Å²) in [7, 11) is 1.72. The third-order valence-corrected chi connectivity index (χ3v) is 4.08. The van der Waals surface area contributed by atoms with Crippen molar-refractivity contribution in [2.24, 2.45) is 0 Å². The van der Waals surface area contributed by atoms with E-state index < -0.39 is 11.9 Å². The molecule has 0 bridgehead atoms. The largest absolute Gasteiger partial charge is 0.473 e. The number of methoxy groups -OCH3 is 1. The molecule has 0 saturated carbocycles. The highest BCUT2D eigenvalue weighted by molar-refractivity contribution is 7.18. The van der Waals surface area contributed by atoms with Crippen molar-refractivity contribution >= 4 is 39.3 Å². The summed E-state index contributed by atoms with van der Waals surface area (Å²) < 4.78 is 5.02. The van der Waals surface area contributed by atoms with E-state index in [1.807, 2.05) is 0 Å². The number of fused-ring (bicyclic) bond motifs is 1. The van der Waals surface area contributed by atoms with E-state index >= 15 is 0 Å². The van der Waals surface area contributed by atoms with Crippen LogP contribution in [0.5, 0.6) is 0 Å². The lowest BCUT2D eigenvalue weighted by atomic mass is 10.2. The van der Waals surface area contributed by atoms with Crippen LogP contribution in [-0.2, 0) is 14.3 Å². The first-order valence-corrected chi connectivity index (χ1v) is 7.59. The number of aromatic nitrogens is 2. The van der Waals surface area contributed by atoms with E-state index in [4.69, 9.17) is 24.5 Å². The Morgan fingerprint density at radius 3 is 2.48 bits per heavy atom. The molecule has 2 heterocycles. The van der Waals surface area contributed by atoms with Crippen LogP contribution in [0.2, 0.25) is 0 Å². The number of hydrogen-bond acceptors (Lipinski definition) is 7. The van der Waals surface area contributed by atoms with Crippen LogP contribution in [0.1, 0.15) is 16.9 Å². The molecule has 0 aliphatic carbocycles. The third-order valence-electron chi connectivity index (χ3n) is 2.97. The molecule has 0 aliphatic rings. The van der Waals surface area contributed by atoms with Crippen molar-refractivity contribution in [2.75, 3.05) is 25.6 Å². The quantitative estimate of drug-likeness (QED) is 0.557. The van der Waals surface area contributed by atoms with Crippen LogP contribution in [-0.4, -0.2) is 52.4 Å². The highest BCUT2D eigenvalue weighted by Crippen LogP contribution is 2.32. The fourth-order valence-corrected chi connectivity index (χ4v) is 2.74. The monoisotopic (exact) mass is 341 g/mol. The molecule has 3 N–H and O–H groups in total. The first-order valence-electron chi connectivity index (χ1n) is 6.78. The lowest BCUT2D eigenvalue weighted by molar-refractivity contribution is -0.159. The maximum absolute atomic E-state index is 9.10. The number of carboxylic acid groups (broad SMARTS) is 2. The number of carboxylic acids is 2. The van der Waals surface area contributed by atoms with Crippen molar-refractivity contribution in [1.29, 1.82) is 0 Å². The second kappa shape index (κ2) is 9.01. The van der Waals surface area contributed by atoms with E-state index in [2.05, 4.69) is 29.1 Å². The van der Waals surface area contributed by atoms with Gasteiger partial charge in [-0.2, -0.15) is 0 Å². The van der Waals surface area contributed by atoms with E-state index in [1.165, 1.54) is 10.4 Å². The van der Waals surface area contributed by atoms with Crippen molar-refractivity contribution in [1.82, 2.24) is 9.97 Å². The fourth-order valence-electron chi connectivity index (χ4n) is 1.74. The van der Waals surface area contributed by atoms with Crippen LogP contribution in [0.15, 0.2) is 6.33 Å². The van der Waals surface area contributed by atoms with Crippen LogP contribution in [0.4, 0.5) is 5.82 Å². The zero-order chi connectivity index (χ0) is 17.4. The fraction of sp³-hybridized carbons (Fsp3) is 0.429. The van der Waals surface area contributed by atoms with Crippen LogP contribution >= 0.6 is 11.3 Å². The summed E-state index contributed by atoms with van der Waals surface area (Å²) in [5.74, 6) is -2.71. The van der Waals surface area contributed by atoms with Crippen LogP contribution in [0, 0.1) is 13.8 Å². The number of nitrogens with one attached hydrogen (secondary N) is 1. The molecule has 0 spiro atoms.